The van der Waals surface area contributed by atoms with Gasteiger partial charge in [0.25, 0.3) is 0 Å². The highest BCUT2D eigenvalue weighted by Gasteiger charge is 2.08. The summed E-state index contributed by atoms with van der Waals surface area (Å²) in [6, 6.07) is 8.86. The molecule has 2 aromatic rings. The van der Waals surface area contributed by atoms with Crippen LogP contribution in [-0.4, -0.2) is 18.2 Å². The van der Waals surface area contributed by atoms with Crippen molar-refractivity contribution in [1.29, 1.82) is 0 Å². The Morgan fingerprint density at radius 2 is 2.05 bits per heavy atom. The quantitative estimate of drug-likeness (QED) is 0.820. The van der Waals surface area contributed by atoms with Gasteiger partial charge < -0.3 is 19.6 Å². The molecule has 1 aromatic heterocycles. The first-order valence-electron chi connectivity index (χ1n) is 6.25. The van der Waals surface area contributed by atoms with Crippen molar-refractivity contribution in [2.45, 2.75) is 20.1 Å². The lowest BCUT2D eigenvalue weighted by atomic mass is 10.1. The highest BCUT2D eigenvalue weighted by Crippen LogP contribution is 2.19. The molecule has 106 valence electrons. The second-order valence-electron chi connectivity index (χ2n) is 4.40. The Morgan fingerprint density at radius 1 is 1.30 bits per heavy atom. The number of hydrogen-bond acceptors (Lipinski definition) is 5. The number of rotatable bonds is 5. The number of esters is 1. The lowest BCUT2D eigenvalue weighted by Crippen LogP contribution is -2.05. The van der Waals surface area contributed by atoms with Crippen LogP contribution in [0.1, 0.15) is 27.4 Å². The second-order valence-corrected chi connectivity index (χ2v) is 4.40. The van der Waals surface area contributed by atoms with Crippen molar-refractivity contribution >= 4 is 11.7 Å². The van der Waals surface area contributed by atoms with Crippen LogP contribution in [0.2, 0.25) is 0 Å². The van der Waals surface area contributed by atoms with Gasteiger partial charge in [0.1, 0.15) is 18.1 Å². The summed E-state index contributed by atoms with van der Waals surface area (Å²) in [5, 5.41) is 12.1. The second kappa shape index (κ2) is 6.25. The number of aliphatic hydroxyl groups excluding tert-OH is 1. The van der Waals surface area contributed by atoms with Crippen LogP contribution in [0.5, 0.6) is 0 Å². The Balaban J connectivity index is 2.10. The zero-order chi connectivity index (χ0) is 14.5. The van der Waals surface area contributed by atoms with E-state index in [1.807, 2.05) is 13.0 Å². The fraction of sp³-hybridized carbons (Fsp3) is 0.267. The lowest BCUT2D eigenvalue weighted by molar-refractivity contribution is 0.0601. The van der Waals surface area contributed by atoms with Crippen LogP contribution < -0.4 is 5.32 Å². The first kappa shape index (κ1) is 14.1. The van der Waals surface area contributed by atoms with E-state index in [1.165, 1.54) is 7.11 Å². The van der Waals surface area contributed by atoms with Crippen LogP contribution in [0.15, 0.2) is 34.7 Å². The molecule has 1 aromatic carbocycles. The van der Waals surface area contributed by atoms with E-state index in [1.54, 1.807) is 24.3 Å². The van der Waals surface area contributed by atoms with E-state index < -0.39 is 0 Å². The minimum absolute atomic E-state index is 0.114. The first-order chi connectivity index (χ1) is 9.63. The predicted octanol–water partition coefficient (Wildman–Crippen LogP) is 2.48. The van der Waals surface area contributed by atoms with Crippen molar-refractivity contribution < 1.29 is 19.1 Å². The smallest absolute Gasteiger partial charge is 0.337 e. The van der Waals surface area contributed by atoms with Crippen molar-refractivity contribution in [3.63, 3.8) is 0 Å². The number of hydrogen-bond donors (Lipinski definition) is 2. The maximum Gasteiger partial charge on any atom is 0.337 e. The number of aryl methyl sites for hydroxylation is 1. The molecule has 1 heterocycles. The summed E-state index contributed by atoms with van der Waals surface area (Å²) in [6.07, 6.45) is 0. The summed E-state index contributed by atoms with van der Waals surface area (Å²) in [6.45, 7) is 2.31. The Labute approximate surface area is 117 Å². The fourth-order valence-electron chi connectivity index (χ4n) is 1.84. The summed E-state index contributed by atoms with van der Waals surface area (Å²) in [5.74, 6) is 0.882. The van der Waals surface area contributed by atoms with Gasteiger partial charge in [-0.2, -0.15) is 0 Å². The Kier molecular flexibility index (Phi) is 4.42. The number of ether oxygens (including phenoxy) is 1. The summed E-state index contributed by atoms with van der Waals surface area (Å²) < 4.78 is 10.1. The van der Waals surface area contributed by atoms with Crippen LogP contribution >= 0.6 is 0 Å². The molecule has 0 saturated carbocycles. The van der Waals surface area contributed by atoms with E-state index in [0.29, 0.717) is 17.9 Å². The Hall–Kier alpha value is -2.27. The minimum Gasteiger partial charge on any atom is -0.465 e. The molecule has 0 saturated heterocycles. The van der Waals surface area contributed by atoms with Crippen LogP contribution in [0, 0.1) is 6.92 Å². The number of carbonyl (C=O) groups excluding carboxylic acids is 1. The summed E-state index contributed by atoms with van der Waals surface area (Å²) >= 11 is 0. The number of benzene rings is 1. The largest absolute Gasteiger partial charge is 0.465 e. The lowest BCUT2D eigenvalue weighted by Gasteiger charge is -2.10. The summed E-state index contributed by atoms with van der Waals surface area (Å²) in [7, 11) is 1.36. The number of methoxy groups -OCH3 is 1. The van der Waals surface area contributed by atoms with E-state index in [2.05, 4.69) is 5.32 Å². The molecule has 0 bridgehead atoms. The number of nitrogens with one attached hydrogen (secondary N) is 1. The molecular weight excluding hydrogens is 258 g/mol. The van der Waals surface area contributed by atoms with Crippen molar-refractivity contribution in [2.24, 2.45) is 0 Å². The molecule has 0 radical (unpaired) electrons. The van der Waals surface area contributed by atoms with Gasteiger partial charge in [0, 0.05) is 5.69 Å². The molecule has 2 rings (SSSR count). The molecule has 0 aliphatic rings. The SMILES string of the molecule is COC(=O)c1ccc(C)c(NCc2ccc(CO)o2)c1. The van der Waals surface area contributed by atoms with E-state index in [0.717, 1.165) is 17.0 Å². The number of anilines is 1. The normalized spacial score (nSPS) is 10.3. The third-order valence-electron chi connectivity index (χ3n) is 2.98. The molecular formula is C15H17NO4. The van der Waals surface area contributed by atoms with Gasteiger partial charge >= 0.3 is 5.97 Å². The monoisotopic (exact) mass is 275 g/mol. The topological polar surface area (TPSA) is 71.7 Å². The van der Waals surface area contributed by atoms with Gasteiger partial charge in [-0.05, 0) is 36.8 Å². The van der Waals surface area contributed by atoms with Crippen LogP contribution in [-0.2, 0) is 17.9 Å². The zero-order valence-corrected chi connectivity index (χ0v) is 11.5. The van der Waals surface area contributed by atoms with Gasteiger partial charge in [-0.3, -0.25) is 0 Å². The van der Waals surface area contributed by atoms with Gasteiger partial charge in [-0.15, -0.1) is 0 Å². The molecule has 0 amide bonds. The van der Waals surface area contributed by atoms with Crippen molar-refractivity contribution in [3.8, 4) is 0 Å². The summed E-state index contributed by atoms with van der Waals surface area (Å²) in [5.41, 5.74) is 2.36. The fourth-order valence-corrected chi connectivity index (χ4v) is 1.84. The van der Waals surface area contributed by atoms with Crippen molar-refractivity contribution in [1.82, 2.24) is 0 Å². The first-order valence-corrected chi connectivity index (χ1v) is 6.25. The van der Waals surface area contributed by atoms with Crippen molar-refractivity contribution in [3.05, 3.63) is 53.0 Å². The maximum absolute atomic E-state index is 11.5. The van der Waals surface area contributed by atoms with Gasteiger partial charge in [-0.25, -0.2) is 4.79 Å². The molecule has 0 aliphatic heterocycles. The predicted molar refractivity (Wildman–Crippen MR) is 74.5 cm³/mol. The third kappa shape index (κ3) is 3.19. The van der Waals surface area contributed by atoms with Gasteiger partial charge in [0.05, 0.1) is 19.2 Å². The number of aliphatic hydroxyl groups is 1. The highest BCUT2D eigenvalue weighted by atomic mass is 16.5. The number of carbonyl (C=O) groups is 1. The maximum atomic E-state index is 11.5. The molecule has 5 nitrogen and oxygen atoms in total. The van der Waals surface area contributed by atoms with Crippen LogP contribution in [0.4, 0.5) is 5.69 Å². The van der Waals surface area contributed by atoms with Gasteiger partial charge in [0.15, 0.2) is 0 Å². The highest BCUT2D eigenvalue weighted by molar-refractivity contribution is 5.90. The van der Waals surface area contributed by atoms with E-state index in [-0.39, 0.29) is 12.6 Å². The molecule has 0 spiro atoms. The average molecular weight is 275 g/mol. The molecule has 0 unspecified atom stereocenters. The molecule has 0 fully saturated rings. The van der Waals surface area contributed by atoms with Gasteiger partial charge in [0.2, 0.25) is 0 Å². The van der Waals surface area contributed by atoms with Crippen LogP contribution in [0.25, 0.3) is 0 Å². The third-order valence-corrected chi connectivity index (χ3v) is 2.98. The van der Waals surface area contributed by atoms with Gasteiger partial charge in [-0.1, -0.05) is 6.07 Å². The standard InChI is InChI=1S/C15H17NO4/c1-10-3-4-11(15(18)19-2)7-14(10)16-8-12-5-6-13(9-17)20-12/h3-7,16-17H,8-9H2,1-2H3. The average Bonchev–Trinajstić information content (AvgIpc) is 2.93. The Morgan fingerprint density at radius 3 is 2.70 bits per heavy atom. The van der Waals surface area contributed by atoms with Crippen molar-refractivity contribution in [2.75, 3.05) is 12.4 Å². The number of furan rings is 1. The van der Waals surface area contributed by atoms with E-state index in [4.69, 9.17) is 14.3 Å². The van der Waals surface area contributed by atoms with E-state index in [9.17, 15) is 4.79 Å². The molecule has 20 heavy (non-hydrogen) atoms. The molecule has 5 heteroatoms. The van der Waals surface area contributed by atoms with E-state index >= 15 is 0 Å². The molecule has 2 N–H and O–H groups in total. The Bertz CT molecular complexity index is 604. The van der Waals surface area contributed by atoms with Crippen LogP contribution in [0.3, 0.4) is 0 Å². The summed E-state index contributed by atoms with van der Waals surface area (Å²) in [4.78, 5) is 11.5. The molecule has 0 atom stereocenters. The molecule has 0 aliphatic carbocycles. The zero-order valence-electron chi connectivity index (χ0n) is 11.5. The minimum atomic E-state index is -0.367.